The Morgan fingerprint density at radius 2 is 2.05 bits per heavy atom. The summed E-state index contributed by atoms with van der Waals surface area (Å²) in [5.41, 5.74) is 7.56. The molecule has 0 saturated heterocycles. The van der Waals surface area contributed by atoms with Crippen LogP contribution in [0.4, 0.5) is 11.4 Å². The van der Waals surface area contributed by atoms with Gasteiger partial charge in [-0.15, -0.1) is 0 Å². The number of halogens is 1. The van der Waals surface area contributed by atoms with E-state index in [1.54, 1.807) is 32.0 Å². The van der Waals surface area contributed by atoms with Crippen molar-refractivity contribution >= 4 is 37.3 Å². The number of sulfonamides is 1. The molecule has 0 spiro atoms. The summed E-state index contributed by atoms with van der Waals surface area (Å²) in [6.07, 6.45) is 0. The van der Waals surface area contributed by atoms with Crippen LogP contribution in [-0.4, -0.2) is 18.6 Å². The maximum atomic E-state index is 12.3. The van der Waals surface area contributed by atoms with E-state index in [1.807, 2.05) is 0 Å². The van der Waals surface area contributed by atoms with Gasteiger partial charge in [-0.25, -0.2) is 8.42 Å². The zero-order chi connectivity index (χ0) is 14.2. The Labute approximate surface area is 119 Å². The second-order valence-electron chi connectivity index (χ2n) is 4.10. The Morgan fingerprint density at radius 1 is 1.37 bits per heavy atom. The van der Waals surface area contributed by atoms with Gasteiger partial charge in [-0.05, 0) is 48.0 Å². The van der Waals surface area contributed by atoms with E-state index in [2.05, 4.69) is 30.8 Å². The molecule has 0 fully saturated rings. The monoisotopic (exact) mass is 344 g/mol. The first-order valence-corrected chi connectivity index (χ1v) is 7.68. The molecular formula is C11H13BrN4O2S. The molecule has 1 aromatic carbocycles. The summed E-state index contributed by atoms with van der Waals surface area (Å²) in [7, 11) is -3.67. The lowest BCUT2D eigenvalue weighted by atomic mass is 10.3. The Balaban J connectivity index is 2.39. The second-order valence-corrected chi connectivity index (χ2v) is 6.58. The van der Waals surface area contributed by atoms with Crippen molar-refractivity contribution in [2.24, 2.45) is 0 Å². The number of hydrogen-bond donors (Lipinski definition) is 3. The number of aromatic nitrogens is 2. The molecule has 0 aliphatic carbocycles. The highest BCUT2D eigenvalue weighted by atomic mass is 79.9. The van der Waals surface area contributed by atoms with Crippen molar-refractivity contribution in [1.29, 1.82) is 0 Å². The Bertz CT molecular complexity index is 705. The smallest absolute Gasteiger partial charge is 0.265 e. The molecule has 8 heteroatoms. The first kappa shape index (κ1) is 13.9. The van der Waals surface area contributed by atoms with E-state index in [1.165, 1.54) is 0 Å². The van der Waals surface area contributed by atoms with E-state index < -0.39 is 10.0 Å². The SMILES string of the molecule is Cc1n[nH]c(C)c1S(=O)(=O)Nc1ccc(N)c(Br)c1. The highest BCUT2D eigenvalue weighted by Crippen LogP contribution is 2.26. The van der Waals surface area contributed by atoms with Gasteiger partial charge in [0.1, 0.15) is 4.90 Å². The molecule has 0 aliphatic heterocycles. The highest BCUT2D eigenvalue weighted by Gasteiger charge is 2.22. The Kier molecular flexibility index (Phi) is 3.55. The highest BCUT2D eigenvalue weighted by molar-refractivity contribution is 9.10. The molecule has 1 heterocycles. The Morgan fingerprint density at radius 3 is 2.58 bits per heavy atom. The van der Waals surface area contributed by atoms with Crippen molar-refractivity contribution in [1.82, 2.24) is 10.2 Å². The minimum atomic E-state index is -3.67. The molecule has 0 amide bonds. The van der Waals surface area contributed by atoms with E-state index >= 15 is 0 Å². The van der Waals surface area contributed by atoms with Crippen LogP contribution in [0.2, 0.25) is 0 Å². The molecule has 0 atom stereocenters. The van der Waals surface area contributed by atoms with E-state index in [9.17, 15) is 8.42 Å². The van der Waals surface area contributed by atoms with Gasteiger partial charge in [0.05, 0.1) is 17.1 Å². The molecule has 0 radical (unpaired) electrons. The molecule has 1 aromatic heterocycles. The molecule has 4 N–H and O–H groups in total. The molecule has 0 saturated carbocycles. The van der Waals surface area contributed by atoms with Crippen LogP contribution in [0, 0.1) is 13.8 Å². The van der Waals surface area contributed by atoms with Crippen molar-refractivity contribution in [2.75, 3.05) is 10.5 Å². The van der Waals surface area contributed by atoms with Gasteiger partial charge in [0.15, 0.2) is 0 Å². The number of anilines is 2. The van der Waals surface area contributed by atoms with Crippen molar-refractivity contribution in [2.45, 2.75) is 18.7 Å². The van der Waals surface area contributed by atoms with Crippen LogP contribution in [0.25, 0.3) is 0 Å². The van der Waals surface area contributed by atoms with Gasteiger partial charge in [-0.1, -0.05) is 0 Å². The number of aryl methyl sites for hydroxylation is 2. The number of nitrogens with two attached hydrogens (primary N) is 1. The van der Waals surface area contributed by atoms with Gasteiger partial charge in [-0.2, -0.15) is 5.10 Å². The summed E-state index contributed by atoms with van der Waals surface area (Å²) >= 11 is 3.25. The van der Waals surface area contributed by atoms with Crippen LogP contribution >= 0.6 is 15.9 Å². The molecular weight excluding hydrogens is 332 g/mol. The van der Waals surface area contributed by atoms with E-state index in [0.717, 1.165) is 0 Å². The predicted molar refractivity (Wildman–Crippen MR) is 77.4 cm³/mol. The van der Waals surface area contributed by atoms with Gasteiger partial charge in [0, 0.05) is 10.2 Å². The maximum Gasteiger partial charge on any atom is 0.265 e. The summed E-state index contributed by atoms with van der Waals surface area (Å²) in [4.78, 5) is 0.167. The van der Waals surface area contributed by atoms with Crippen LogP contribution < -0.4 is 10.5 Å². The maximum absolute atomic E-state index is 12.3. The standard InChI is InChI=1S/C11H13BrN4O2S/c1-6-11(7(2)15-14-6)19(17,18)16-8-3-4-10(13)9(12)5-8/h3-5,16H,13H2,1-2H3,(H,14,15). The molecule has 0 unspecified atom stereocenters. The van der Waals surface area contributed by atoms with Gasteiger partial charge in [0.2, 0.25) is 0 Å². The molecule has 19 heavy (non-hydrogen) atoms. The molecule has 102 valence electrons. The molecule has 0 bridgehead atoms. The lowest BCUT2D eigenvalue weighted by molar-refractivity contribution is 0.600. The summed E-state index contributed by atoms with van der Waals surface area (Å²) in [6, 6.07) is 4.83. The first-order valence-electron chi connectivity index (χ1n) is 5.40. The zero-order valence-electron chi connectivity index (χ0n) is 10.4. The number of rotatable bonds is 3. The number of nitrogens with one attached hydrogen (secondary N) is 2. The number of H-pyrrole nitrogens is 1. The summed E-state index contributed by atoms with van der Waals surface area (Å²) < 4.78 is 27.7. The largest absolute Gasteiger partial charge is 0.398 e. The minimum absolute atomic E-state index is 0.167. The predicted octanol–water partition coefficient (Wildman–Crippen LogP) is 2.17. The van der Waals surface area contributed by atoms with Crippen molar-refractivity contribution in [3.8, 4) is 0 Å². The fourth-order valence-corrected chi connectivity index (χ4v) is 3.53. The fourth-order valence-electron chi connectivity index (χ4n) is 1.73. The van der Waals surface area contributed by atoms with Crippen LogP contribution in [0.15, 0.2) is 27.6 Å². The molecule has 2 rings (SSSR count). The summed E-state index contributed by atoms with van der Waals surface area (Å²) in [6.45, 7) is 3.30. The second kappa shape index (κ2) is 4.86. The molecule has 6 nitrogen and oxygen atoms in total. The minimum Gasteiger partial charge on any atom is -0.398 e. The third kappa shape index (κ3) is 2.74. The van der Waals surface area contributed by atoms with E-state index in [0.29, 0.717) is 27.2 Å². The number of benzene rings is 1. The normalized spacial score (nSPS) is 11.5. The number of hydrogen-bond acceptors (Lipinski definition) is 4. The van der Waals surface area contributed by atoms with E-state index in [-0.39, 0.29) is 4.90 Å². The van der Waals surface area contributed by atoms with E-state index in [4.69, 9.17) is 5.73 Å². The summed E-state index contributed by atoms with van der Waals surface area (Å²) in [5.74, 6) is 0. The Hall–Kier alpha value is -1.54. The summed E-state index contributed by atoms with van der Waals surface area (Å²) in [5, 5.41) is 6.53. The quantitative estimate of drug-likeness (QED) is 0.742. The van der Waals surface area contributed by atoms with Crippen molar-refractivity contribution in [3.63, 3.8) is 0 Å². The van der Waals surface area contributed by atoms with Crippen LogP contribution in [0.5, 0.6) is 0 Å². The topological polar surface area (TPSA) is 101 Å². The number of aromatic amines is 1. The van der Waals surface area contributed by atoms with Crippen molar-refractivity contribution in [3.05, 3.63) is 34.1 Å². The average molecular weight is 345 g/mol. The molecule has 2 aromatic rings. The van der Waals surface area contributed by atoms with Crippen LogP contribution in [-0.2, 0) is 10.0 Å². The van der Waals surface area contributed by atoms with Gasteiger partial charge < -0.3 is 5.73 Å². The fraction of sp³-hybridized carbons (Fsp3) is 0.182. The lowest BCUT2D eigenvalue weighted by Crippen LogP contribution is -2.14. The van der Waals surface area contributed by atoms with Crippen LogP contribution in [0.3, 0.4) is 0 Å². The first-order chi connectivity index (χ1) is 8.81. The van der Waals surface area contributed by atoms with Crippen LogP contribution in [0.1, 0.15) is 11.4 Å². The van der Waals surface area contributed by atoms with Crippen molar-refractivity contribution < 1.29 is 8.42 Å². The number of nitrogens with zero attached hydrogens (tertiary/aromatic N) is 1. The lowest BCUT2D eigenvalue weighted by Gasteiger charge is -2.09. The third-order valence-electron chi connectivity index (χ3n) is 2.58. The van der Waals surface area contributed by atoms with Gasteiger partial charge in [-0.3, -0.25) is 9.82 Å². The zero-order valence-corrected chi connectivity index (χ0v) is 12.8. The van der Waals surface area contributed by atoms with Gasteiger partial charge in [0.25, 0.3) is 10.0 Å². The number of nitrogen functional groups attached to an aromatic ring is 1. The van der Waals surface area contributed by atoms with Gasteiger partial charge >= 0.3 is 0 Å². The molecule has 0 aliphatic rings. The third-order valence-corrected chi connectivity index (χ3v) is 4.91. The average Bonchev–Trinajstić information content (AvgIpc) is 2.64.